The summed E-state index contributed by atoms with van der Waals surface area (Å²) in [7, 11) is -1.28. The largest absolute Gasteiger partial charge is 0.332 e. The van der Waals surface area contributed by atoms with Crippen LogP contribution in [0.4, 0.5) is 4.39 Å². The SMILES string of the molecule is CC1(C)COP(OCCF)OC1. The summed E-state index contributed by atoms with van der Waals surface area (Å²) in [5, 5.41) is 0. The van der Waals surface area contributed by atoms with Gasteiger partial charge in [-0.1, -0.05) is 13.8 Å². The molecule has 0 radical (unpaired) electrons. The number of rotatable bonds is 3. The van der Waals surface area contributed by atoms with Crippen molar-refractivity contribution >= 4 is 8.60 Å². The van der Waals surface area contributed by atoms with E-state index >= 15 is 0 Å². The fourth-order valence-electron chi connectivity index (χ4n) is 0.717. The van der Waals surface area contributed by atoms with Gasteiger partial charge in [0.15, 0.2) is 0 Å². The Bertz CT molecular complexity index is 133. The van der Waals surface area contributed by atoms with Gasteiger partial charge in [-0.25, -0.2) is 4.39 Å². The van der Waals surface area contributed by atoms with Crippen LogP contribution in [-0.2, 0) is 13.6 Å². The van der Waals surface area contributed by atoms with Crippen molar-refractivity contribution in [3.05, 3.63) is 0 Å². The molecule has 0 aliphatic carbocycles. The van der Waals surface area contributed by atoms with Crippen molar-refractivity contribution in [2.75, 3.05) is 26.5 Å². The highest BCUT2D eigenvalue weighted by Gasteiger charge is 2.29. The van der Waals surface area contributed by atoms with E-state index in [-0.39, 0.29) is 12.0 Å². The molecule has 0 atom stereocenters. The van der Waals surface area contributed by atoms with Gasteiger partial charge in [-0.3, -0.25) is 0 Å². The zero-order valence-corrected chi connectivity index (χ0v) is 8.27. The molecule has 0 unspecified atom stereocenters. The Morgan fingerprint density at radius 1 is 1.42 bits per heavy atom. The van der Waals surface area contributed by atoms with E-state index in [4.69, 9.17) is 13.6 Å². The van der Waals surface area contributed by atoms with Crippen LogP contribution in [0.15, 0.2) is 0 Å². The van der Waals surface area contributed by atoms with Crippen molar-refractivity contribution in [2.45, 2.75) is 13.8 Å². The Kier molecular flexibility index (Phi) is 3.84. The zero-order chi connectivity index (χ0) is 9.03. The van der Waals surface area contributed by atoms with E-state index in [0.717, 1.165) is 0 Å². The van der Waals surface area contributed by atoms with Crippen LogP contribution in [0, 0.1) is 5.41 Å². The average Bonchev–Trinajstić information content (AvgIpc) is 2.03. The van der Waals surface area contributed by atoms with Gasteiger partial charge < -0.3 is 13.6 Å². The topological polar surface area (TPSA) is 27.7 Å². The third kappa shape index (κ3) is 3.31. The number of hydrogen-bond acceptors (Lipinski definition) is 3. The van der Waals surface area contributed by atoms with Crippen LogP contribution in [0.3, 0.4) is 0 Å². The predicted molar refractivity (Wildman–Crippen MR) is 44.5 cm³/mol. The van der Waals surface area contributed by atoms with E-state index in [2.05, 4.69) is 13.8 Å². The van der Waals surface area contributed by atoms with Gasteiger partial charge in [0, 0.05) is 5.41 Å². The van der Waals surface area contributed by atoms with E-state index in [0.29, 0.717) is 13.2 Å². The number of hydrogen-bond donors (Lipinski definition) is 0. The number of alkyl halides is 1. The Balaban J connectivity index is 2.18. The Morgan fingerprint density at radius 3 is 2.50 bits per heavy atom. The Labute approximate surface area is 73.2 Å². The minimum absolute atomic E-state index is 0.0535. The van der Waals surface area contributed by atoms with E-state index < -0.39 is 15.3 Å². The van der Waals surface area contributed by atoms with Gasteiger partial charge in [0.1, 0.15) is 6.67 Å². The molecule has 0 N–H and O–H groups in total. The van der Waals surface area contributed by atoms with Gasteiger partial charge >= 0.3 is 8.60 Å². The third-order valence-corrected chi connectivity index (χ3v) is 2.47. The van der Waals surface area contributed by atoms with Crippen LogP contribution >= 0.6 is 8.60 Å². The molecule has 0 saturated carbocycles. The minimum atomic E-state index is -1.28. The molecule has 0 spiro atoms. The second kappa shape index (κ2) is 4.47. The van der Waals surface area contributed by atoms with Gasteiger partial charge in [0.05, 0.1) is 19.8 Å². The van der Waals surface area contributed by atoms with Gasteiger partial charge in [-0.2, -0.15) is 0 Å². The van der Waals surface area contributed by atoms with E-state index in [1.54, 1.807) is 0 Å². The van der Waals surface area contributed by atoms with Crippen LogP contribution in [0.1, 0.15) is 13.8 Å². The van der Waals surface area contributed by atoms with Gasteiger partial charge in [0.2, 0.25) is 0 Å². The van der Waals surface area contributed by atoms with Crippen molar-refractivity contribution < 1.29 is 18.0 Å². The molecule has 1 aliphatic heterocycles. The number of halogens is 1. The van der Waals surface area contributed by atoms with Gasteiger partial charge in [-0.15, -0.1) is 0 Å². The molecule has 0 aromatic heterocycles. The molecular formula is C7H14FO3P. The monoisotopic (exact) mass is 196 g/mol. The van der Waals surface area contributed by atoms with Crippen molar-refractivity contribution in [3.8, 4) is 0 Å². The summed E-state index contributed by atoms with van der Waals surface area (Å²) in [5.74, 6) is 0. The summed E-state index contributed by atoms with van der Waals surface area (Å²) in [5.41, 5.74) is 0.0535. The van der Waals surface area contributed by atoms with Crippen LogP contribution < -0.4 is 0 Å². The lowest BCUT2D eigenvalue weighted by Gasteiger charge is -2.32. The van der Waals surface area contributed by atoms with Crippen LogP contribution in [-0.4, -0.2) is 26.5 Å². The normalized spacial score (nSPS) is 24.2. The Hall–Kier alpha value is 0.240. The average molecular weight is 196 g/mol. The lowest BCUT2D eigenvalue weighted by Crippen LogP contribution is -2.28. The summed E-state index contributed by atoms with van der Waals surface area (Å²) in [4.78, 5) is 0. The van der Waals surface area contributed by atoms with Crippen molar-refractivity contribution in [1.29, 1.82) is 0 Å². The molecule has 3 nitrogen and oxygen atoms in total. The van der Waals surface area contributed by atoms with Crippen LogP contribution in [0.2, 0.25) is 0 Å². The minimum Gasteiger partial charge on any atom is -0.312 e. The van der Waals surface area contributed by atoms with E-state index in [1.165, 1.54) is 0 Å². The molecule has 1 fully saturated rings. The molecular weight excluding hydrogens is 182 g/mol. The molecule has 0 aromatic rings. The summed E-state index contributed by atoms with van der Waals surface area (Å²) >= 11 is 0. The first-order valence-electron chi connectivity index (χ1n) is 3.89. The predicted octanol–water partition coefficient (Wildman–Crippen LogP) is 2.27. The van der Waals surface area contributed by atoms with Gasteiger partial charge in [-0.05, 0) is 0 Å². The fourth-order valence-corrected chi connectivity index (χ4v) is 2.07. The molecule has 1 heterocycles. The lowest BCUT2D eigenvalue weighted by atomic mass is 9.97. The third-order valence-electron chi connectivity index (χ3n) is 1.40. The molecule has 0 aromatic carbocycles. The first-order valence-corrected chi connectivity index (χ1v) is 4.98. The molecule has 12 heavy (non-hydrogen) atoms. The molecule has 72 valence electrons. The maximum Gasteiger partial charge on any atom is 0.332 e. The van der Waals surface area contributed by atoms with Crippen molar-refractivity contribution in [2.24, 2.45) is 5.41 Å². The maximum absolute atomic E-state index is 11.7. The highest BCUT2D eigenvalue weighted by Crippen LogP contribution is 2.46. The Morgan fingerprint density at radius 2 is 2.00 bits per heavy atom. The molecule has 1 rings (SSSR count). The fraction of sp³-hybridized carbons (Fsp3) is 1.00. The quantitative estimate of drug-likeness (QED) is 0.648. The summed E-state index contributed by atoms with van der Waals surface area (Å²) in [6.07, 6.45) is 0. The highest BCUT2D eigenvalue weighted by molar-refractivity contribution is 7.41. The second-order valence-electron chi connectivity index (χ2n) is 3.46. The summed E-state index contributed by atoms with van der Waals surface area (Å²) in [6.45, 7) is 4.90. The second-order valence-corrected chi connectivity index (χ2v) is 4.68. The maximum atomic E-state index is 11.7. The first-order chi connectivity index (χ1) is 5.64. The van der Waals surface area contributed by atoms with Gasteiger partial charge in [0.25, 0.3) is 0 Å². The van der Waals surface area contributed by atoms with Crippen molar-refractivity contribution in [1.82, 2.24) is 0 Å². The van der Waals surface area contributed by atoms with E-state index in [9.17, 15) is 4.39 Å². The molecule has 1 aliphatic rings. The smallest absolute Gasteiger partial charge is 0.312 e. The van der Waals surface area contributed by atoms with E-state index in [1.807, 2.05) is 0 Å². The molecule has 1 saturated heterocycles. The summed E-state index contributed by atoms with van der Waals surface area (Å²) in [6, 6.07) is 0. The van der Waals surface area contributed by atoms with Crippen molar-refractivity contribution in [3.63, 3.8) is 0 Å². The molecule has 0 bridgehead atoms. The first kappa shape index (κ1) is 10.3. The standard InChI is InChI=1S/C7H14FO3P/c1-7(2)5-10-12(11-6-7)9-4-3-8/h3-6H2,1-2H3. The summed E-state index contributed by atoms with van der Waals surface area (Å²) < 4.78 is 27.1. The molecule has 5 heteroatoms. The zero-order valence-electron chi connectivity index (χ0n) is 7.38. The van der Waals surface area contributed by atoms with Crippen LogP contribution in [0.25, 0.3) is 0 Å². The lowest BCUT2D eigenvalue weighted by molar-refractivity contribution is 0.0266. The molecule has 0 amide bonds. The van der Waals surface area contributed by atoms with Crippen LogP contribution in [0.5, 0.6) is 0 Å². The highest BCUT2D eigenvalue weighted by atomic mass is 31.2.